The zero-order valence-electron chi connectivity index (χ0n) is 15.9. The summed E-state index contributed by atoms with van der Waals surface area (Å²) >= 11 is 5.87. The summed E-state index contributed by atoms with van der Waals surface area (Å²) in [5.41, 5.74) is 4.91. The summed E-state index contributed by atoms with van der Waals surface area (Å²) in [7, 11) is 0. The second-order valence-corrected chi connectivity index (χ2v) is 7.80. The van der Waals surface area contributed by atoms with Crippen LogP contribution in [0.5, 0.6) is 0 Å². The molecule has 0 radical (unpaired) electrons. The summed E-state index contributed by atoms with van der Waals surface area (Å²) in [6.07, 6.45) is 8.20. The van der Waals surface area contributed by atoms with Gasteiger partial charge in [-0.15, -0.1) is 0 Å². The smallest absolute Gasteiger partial charge is 0.173 e. The Labute approximate surface area is 166 Å². The number of para-hydroxylation sites is 1. The van der Waals surface area contributed by atoms with Crippen molar-refractivity contribution in [2.45, 2.75) is 51.6 Å². The number of nitrogens with zero attached hydrogens (tertiary/aromatic N) is 1. The monoisotopic (exact) mass is 377 g/mol. The van der Waals surface area contributed by atoms with Crippen molar-refractivity contribution in [1.29, 1.82) is 0 Å². The molecule has 0 amide bonds. The van der Waals surface area contributed by atoms with E-state index in [0.717, 1.165) is 23.8 Å². The van der Waals surface area contributed by atoms with Gasteiger partial charge in [0.15, 0.2) is 5.11 Å². The maximum Gasteiger partial charge on any atom is 0.173 e. The lowest BCUT2D eigenvalue weighted by molar-refractivity contribution is 0.313. The lowest BCUT2D eigenvalue weighted by Crippen LogP contribution is -2.40. The van der Waals surface area contributed by atoms with Gasteiger partial charge in [-0.05, 0) is 60.8 Å². The van der Waals surface area contributed by atoms with Crippen LogP contribution in [0.15, 0.2) is 54.7 Å². The standard InChI is InChI=1S/C23H27N3S/c1-2-17-8-7-9-19(14-17)25-23(27)26(20-10-3-4-11-20)16-18-15-24-22-13-6-5-12-21(18)22/h5-9,12-15,20,24H,2-4,10-11,16H2,1H3,(H,25,27). The summed E-state index contributed by atoms with van der Waals surface area (Å²) < 4.78 is 0. The zero-order valence-corrected chi connectivity index (χ0v) is 16.7. The third-order valence-electron chi connectivity index (χ3n) is 5.63. The molecule has 140 valence electrons. The molecular weight excluding hydrogens is 350 g/mol. The van der Waals surface area contributed by atoms with E-state index in [1.807, 2.05) is 0 Å². The fourth-order valence-corrected chi connectivity index (χ4v) is 4.42. The number of thiocarbonyl (C=S) groups is 1. The van der Waals surface area contributed by atoms with Crippen LogP contribution < -0.4 is 5.32 Å². The van der Waals surface area contributed by atoms with Crippen LogP contribution in [0.4, 0.5) is 5.69 Å². The summed E-state index contributed by atoms with van der Waals surface area (Å²) in [6, 6.07) is 17.6. The highest BCUT2D eigenvalue weighted by Gasteiger charge is 2.25. The fourth-order valence-electron chi connectivity index (χ4n) is 4.09. The molecule has 0 spiro atoms. The van der Waals surface area contributed by atoms with E-state index >= 15 is 0 Å². The quantitative estimate of drug-likeness (QED) is 0.545. The van der Waals surface area contributed by atoms with E-state index in [1.165, 1.54) is 47.7 Å². The van der Waals surface area contributed by atoms with Crippen molar-refractivity contribution in [3.05, 3.63) is 65.9 Å². The molecule has 2 aromatic carbocycles. The third-order valence-corrected chi connectivity index (χ3v) is 5.97. The van der Waals surface area contributed by atoms with Crippen LogP contribution in [0.25, 0.3) is 10.9 Å². The Morgan fingerprint density at radius 2 is 1.96 bits per heavy atom. The number of rotatable bonds is 5. The number of aromatic amines is 1. The Morgan fingerprint density at radius 1 is 1.15 bits per heavy atom. The van der Waals surface area contributed by atoms with Gasteiger partial charge in [-0.25, -0.2) is 0 Å². The third kappa shape index (κ3) is 4.01. The van der Waals surface area contributed by atoms with Crippen molar-refractivity contribution in [2.75, 3.05) is 5.32 Å². The predicted molar refractivity (Wildman–Crippen MR) is 118 cm³/mol. The highest BCUT2D eigenvalue weighted by atomic mass is 32.1. The van der Waals surface area contributed by atoms with Crippen LogP contribution in [0, 0.1) is 0 Å². The largest absolute Gasteiger partial charge is 0.361 e. The Balaban J connectivity index is 1.57. The van der Waals surface area contributed by atoms with Gasteiger partial charge in [0, 0.05) is 35.4 Å². The van der Waals surface area contributed by atoms with Gasteiger partial charge in [-0.2, -0.15) is 0 Å². The first-order valence-corrected chi connectivity index (χ1v) is 10.4. The number of H-pyrrole nitrogens is 1. The second kappa shape index (κ2) is 8.13. The Bertz CT molecular complexity index is 924. The Kier molecular flexibility index (Phi) is 5.44. The lowest BCUT2D eigenvalue weighted by atomic mass is 10.1. The first kappa shape index (κ1) is 18.1. The number of benzene rings is 2. The van der Waals surface area contributed by atoms with Crippen molar-refractivity contribution in [3.63, 3.8) is 0 Å². The molecule has 2 N–H and O–H groups in total. The normalized spacial score (nSPS) is 14.6. The summed E-state index contributed by atoms with van der Waals surface area (Å²) in [5, 5.41) is 5.62. The van der Waals surface area contributed by atoms with Crippen LogP contribution >= 0.6 is 12.2 Å². The van der Waals surface area contributed by atoms with E-state index in [9.17, 15) is 0 Å². The molecule has 1 heterocycles. The van der Waals surface area contributed by atoms with Gasteiger partial charge in [-0.1, -0.05) is 50.1 Å². The predicted octanol–water partition coefficient (Wildman–Crippen LogP) is 5.87. The molecule has 0 saturated heterocycles. The van der Waals surface area contributed by atoms with Crippen molar-refractivity contribution < 1.29 is 0 Å². The highest BCUT2D eigenvalue weighted by molar-refractivity contribution is 7.80. The van der Waals surface area contributed by atoms with E-state index in [4.69, 9.17) is 12.2 Å². The minimum Gasteiger partial charge on any atom is -0.361 e. The van der Waals surface area contributed by atoms with Gasteiger partial charge < -0.3 is 15.2 Å². The molecule has 27 heavy (non-hydrogen) atoms. The molecule has 0 bridgehead atoms. The van der Waals surface area contributed by atoms with Gasteiger partial charge in [0.05, 0.1) is 0 Å². The van der Waals surface area contributed by atoms with Crippen LogP contribution in [-0.4, -0.2) is 21.0 Å². The minimum absolute atomic E-state index is 0.521. The van der Waals surface area contributed by atoms with Gasteiger partial charge in [-0.3, -0.25) is 0 Å². The van der Waals surface area contributed by atoms with E-state index in [2.05, 4.69) is 76.9 Å². The maximum atomic E-state index is 5.87. The number of aromatic nitrogens is 1. The molecule has 1 saturated carbocycles. The Hall–Kier alpha value is -2.33. The number of aryl methyl sites for hydroxylation is 1. The van der Waals surface area contributed by atoms with E-state index in [1.54, 1.807) is 0 Å². The van der Waals surface area contributed by atoms with Crippen LogP contribution in [0.1, 0.15) is 43.7 Å². The molecule has 1 aliphatic rings. The number of fused-ring (bicyclic) bond motifs is 1. The Morgan fingerprint density at radius 3 is 2.78 bits per heavy atom. The first-order chi connectivity index (χ1) is 13.2. The average molecular weight is 378 g/mol. The molecule has 0 atom stereocenters. The minimum atomic E-state index is 0.521. The van der Waals surface area contributed by atoms with Gasteiger partial charge >= 0.3 is 0 Å². The number of nitrogens with one attached hydrogen (secondary N) is 2. The molecular formula is C23H27N3S. The van der Waals surface area contributed by atoms with Crippen molar-refractivity contribution >= 4 is 33.9 Å². The molecule has 4 rings (SSSR count). The van der Waals surface area contributed by atoms with E-state index in [-0.39, 0.29) is 0 Å². The summed E-state index contributed by atoms with van der Waals surface area (Å²) in [4.78, 5) is 5.80. The van der Waals surface area contributed by atoms with Crippen LogP contribution in [0.3, 0.4) is 0 Å². The van der Waals surface area contributed by atoms with Crippen molar-refractivity contribution in [3.8, 4) is 0 Å². The van der Waals surface area contributed by atoms with E-state index in [0.29, 0.717) is 6.04 Å². The highest BCUT2D eigenvalue weighted by Crippen LogP contribution is 2.28. The van der Waals surface area contributed by atoms with Gasteiger partial charge in [0.2, 0.25) is 0 Å². The molecule has 0 aliphatic heterocycles. The topological polar surface area (TPSA) is 31.1 Å². The van der Waals surface area contributed by atoms with E-state index < -0.39 is 0 Å². The summed E-state index contributed by atoms with van der Waals surface area (Å²) in [5.74, 6) is 0. The SMILES string of the molecule is CCc1cccc(NC(=S)N(Cc2c[nH]c3ccccc23)C2CCCC2)c1. The molecule has 4 heteroatoms. The van der Waals surface area contributed by atoms with Gasteiger partial charge in [0.25, 0.3) is 0 Å². The molecule has 1 fully saturated rings. The van der Waals surface area contributed by atoms with Crippen molar-refractivity contribution in [2.24, 2.45) is 0 Å². The van der Waals surface area contributed by atoms with Crippen molar-refractivity contribution in [1.82, 2.24) is 9.88 Å². The lowest BCUT2D eigenvalue weighted by Gasteiger charge is -2.31. The van der Waals surface area contributed by atoms with Crippen LogP contribution in [-0.2, 0) is 13.0 Å². The number of hydrogen-bond acceptors (Lipinski definition) is 1. The molecule has 3 aromatic rings. The maximum absolute atomic E-state index is 5.87. The number of hydrogen-bond donors (Lipinski definition) is 2. The molecule has 0 unspecified atom stereocenters. The molecule has 1 aliphatic carbocycles. The number of anilines is 1. The fraction of sp³-hybridized carbons (Fsp3) is 0.348. The summed E-state index contributed by atoms with van der Waals surface area (Å²) in [6.45, 7) is 3.02. The first-order valence-electron chi connectivity index (χ1n) is 9.96. The molecule has 1 aromatic heterocycles. The van der Waals surface area contributed by atoms with Crippen LogP contribution in [0.2, 0.25) is 0 Å². The second-order valence-electron chi connectivity index (χ2n) is 7.41. The van der Waals surface area contributed by atoms with Gasteiger partial charge in [0.1, 0.15) is 0 Å². The zero-order chi connectivity index (χ0) is 18.6. The molecule has 3 nitrogen and oxygen atoms in total. The average Bonchev–Trinajstić information content (AvgIpc) is 3.36.